The average Bonchev–Trinajstić information content (AvgIpc) is 2.76. The van der Waals surface area contributed by atoms with Crippen molar-refractivity contribution in [2.24, 2.45) is 0 Å². The Morgan fingerprint density at radius 3 is 3.11 bits per heavy atom. The van der Waals surface area contributed by atoms with Crippen molar-refractivity contribution >= 4 is 21.6 Å². The summed E-state index contributed by atoms with van der Waals surface area (Å²) in [7, 11) is -1.22. The molecule has 1 aromatic rings. The number of nitrogens with one attached hydrogen (secondary N) is 1. The fourth-order valence-corrected chi connectivity index (χ4v) is 5.03. The molecule has 2 rings (SSSR count). The van der Waals surface area contributed by atoms with Gasteiger partial charge in [-0.05, 0) is 7.05 Å². The molecule has 0 amide bonds. The predicted molar refractivity (Wildman–Crippen MR) is 75.6 cm³/mol. The number of nitrogens with zero attached hydrogens (tertiary/aromatic N) is 2. The van der Waals surface area contributed by atoms with E-state index in [1.807, 2.05) is 18.0 Å². The van der Waals surface area contributed by atoms with Gasteiger partial charge < -0.3 is 9.84 Å². The Balaban J connectivity index is 2.06. The summed E-state index contributed by atoms with van der Waals surface area (Å²) >= 11 is 1.68. The summed E-state index contributed by atoms with van der Waals surface area (Å²) in [5, 5.41) is 6.51. The maximum atomic E-state index is 11.8. The van der Waals surface area contributed by atoms with Crippen LogP contribution >= 0.6 is 11.8 Å². The van der Waals surface area contributed by atoms with Crippen LogP contribution in [-0.4, -0.2) is 55.2 Å². The second kappa shape index (κ2) is 6.25. The first kappa shape index (κ1) is 14.8. The molecule has 0 bridgehead atoms. The highest BCUT2D eigenvalue weighted by atomic mass is 32.2. The van der Waals surface area contributed by atoms with E-state index in [9.17, 15) is 8.42 Å². The summed E-state index contributed by atoms with van der Waals surface area (Å²) in [4.78, 5) is 1.95. The smallest absolute Gasteiger partial charge is 0.164 e. The van der Waals surface area contributed by atoms with Gasteiger partial charge in [0.05, 0.1) is 12.2 Å². The van der Waals surface area contributed by atoms with E-state index in [1.54, 1.807) is 11.8 Å². The van der Waals surface area contributed by atoms with Crippen molar-refractivity contribution in [1.29, 1.82) is 0 Å². The molecule has 1 aromatic heterocycles. The lowest BCUT2D eigenvalue weighted by Crippen LogP contribution is -2.46. The summed E-state index contributed by atoms with van der Waals surface area (Å²) in [5.41, 5.74) is 0.833. The van der Waals surface area contributed by atoms with Crippen LogP contribution in [0.1, 0.15) is 11.5 Å². The van der Waals surface area contributed by atoms with E-state index >= 15 is 0 Å². The lowest BCUT2D eigenvalue weighted by molar-refractivity contribution is 0.227. The third kappa shape index (κ3) is 3.95. The van der Waals surface area contributed by atoms with Crippen molar-refractivity contribution in [1.82, 2.24) is 15.4 Å². The largest absolute Gasteiger partial charge is 0.360 e. The van der Waals surface area contributed by atoms with E-state index in [0.29, 0.717) is 24.6 Å². The third-order valence-corrected chi connectivity index (χ3v) is 5.70. The molecule has 1 fully saturated rings. The second-order valence-corrected chi connectivity index (χ2v) is 8.00. The SMILES string of the molecule is CNCc1cc(CN2CCSCC2S(C)(=O)=O)on1. The molecule has 1 aliphatic heterocycles. The van der Waals surface area contributed by atoms with Crippen LogP contribution in [0.4, 0.5) is 0 Å². The normalized spacial score (nSPS) is 21.7. The molecule has 8 heteroatoms. The summed E-state index contributed by atoms with van der Waals surface area (Å²) in [6.45, 7) is 1.90. The summed E-state index contributed by atoms with van der Waals surface area (Å²) in [6, 6.07) is 1.87. The van der Waals surface area contributed by atoms with E-state index in [-0.39, 0.29) is 0 Å². The van der Waals surface area contributed by atoms with Gasteiger partial charge in [-0.25, -0.2) is 8.42 Å². The molecule has 0 saturated carbocycles. The quantitative estimate of drug-likeness (QED) is 0.839. The lowest BCUT2D eigenvalue weighted by atomic mass is 10.3. The Hall–Kier alpha value is -0.570. The van der Waals surface area contributed by atoms with Gasteiger partial charge in [0, 0.05) is 36.9 Å². The fraction of sp³-hybridized carbons (Fsp3) is 0.727. The van der Waals surface area contributed by atoms with Crippen molar-refractivity contribution in [2.45, 2.75) is 18.5 Å². The summed E-state index contributed by atoms with van der Waals surface area (Å²) in [6.07, 6.45) is 1.30. The number of thioether (sulfide) groups is 1. The summed E-state index contributed by atoms with van der Waals surface area (Å²) < 4.78 is 28.8. The molecule has 1 aliphatic rings. The zero-order valence-electron chi connectivity index (χ0n) is 11.1. The minimum atomic E-state index is -3.07. The van der Waals surface area contributed by atoms with Crippen LogP contribution in [0, 0.1) is 0 Å². The third-order valence-electron chi connectivity index (χ3n) is 3.01. The van der Waals surface area contributed by atoms with E-state index in [1.165, 1.54) is 6.26 Å². The highest BCUT2D eigenvalue weighted by Crippen LogP contribution is 2.22. The first-order valence-electron chi connectivity index (χ1n) is 6.10. The molecule has 1 unspecified atom stereocenters. The molecule has 108 valence electrons. The average molecular weight is 305 g/mol. The molecule has 0 spiro atoms. The van der Waals surface area contributed by atoms with Crippen LogP contribution in [-0.2, 0) is 22.9 Å². The monoisotopic (exact) mass is 305 g/mol. The van der Waals surface area contributed by atoms with Crippen molar-refractivity contribution in [3.8, 4) is 0 Å². The Kier molecular flexibility index (Phi) is 4.88. The Bertz CT molecular complexity index is 515. The van der Waals surface area contributed by atoms with Gasteiger partial charge in [-0.2, -0.15) is 11.8 Å². The molecule has 0 radical (unpaired) electrons. The van der Waals surface area contributed by atoms with Gasteiger partial charge in [-0.1, -0.05) is 5.16 Å². The number of aromatic nitrogens is 1. The van der Waals surface area contributed by atoms with Gasteiger partial charge in [0.25, 0.3) is 0 Å². The molecule has 1 atom stereocenters. The molecule has 2 heterocycles. The fourth-order valence-electron chi connectivity index (χ4n) is 2.09. The van der Waals surface area contributed by atoms with Crippen molar-refractivity contribution < 1.29 is 12.9 Å². The van der Waals surface area contributed by atoms with Gasteiger partial charge in [0.1, 0.15) is 5.37 Å². The summed E-state index contributed by atoms with van der Waals surface area (Å²) in [5.74, 6) is 2.28. The van der Waals surface area contributed by atoms with Crippen LogP contribution in [0.2, 0.25) is 0 Å². The minimum Gasteiger partial charge on any atom is -0.360 e. The highest BCUT2D eigenvalue weighted by molar-refractivity contribution is 8.00. The Labute approximate surface area is 117 Å². The van der Waals surface area contributed by atoms with Crippen LogP contribution in [0.15, 0.2) is 10.6 Å². The van der Waals surface area contributed by atoms with Gasteiger partial charge in [-0.3, -0.25) is 4.90 Å². The number of sulfone groups is 1. The van der Waals surface area contributed by atoms with E-state index < -0.39 is 15.2 Å². The first-order valence-corrected chi connectivity index (χ1v) is 9.21. The van der Waals surface area contributed by atoms with Crippen LogP contribution < -0.4 is 5.32 Å². The second-order valence-electron chi connectivity index (χ2n) is 4.64. The van der Waals surface area contributed by atoms with E-state index in [2.05, 4.69) is 10.5 Å². The van der Waals surface area contributed by atoms with Crippen LogP contribution in [0.5, 0.6) is 0 Å². The van der Waals surface area contributed by atoms with E-state index in [4.69, 9.17) is 4.52 Å². The molecule has 1 saturated heterocycles. The maximum Gasteiger partial charge on any atom is 0.164 e. The number of hydrogen-bond donors (Lipinski definition) is 1. The number of hydrogen-bond acceptors (Lipinski definition) is 7. The molecule has 0 aromatic carbocycles. The first-order chi connectivity index (χ1) is 9.00. The lowest BCUT2D eigenvalue weighted by Gasteiger charge is -2.32. The topological polar surface area (TPSA) is 75.4 Å². The van der Waals surface area contributed by atoms with Crippen molar-refractivity contribution in [3.63, 3.8) is 0 Å². The van der Waals surface area contributed by atoms with Gasteiger partial charge in [-0.15, -0.1) is 0 Å². The zero-order chi connectivity index (χ0) is 13.9. The molecule has 1 N–H and O–H groups in total. The maximum absolute atomic E-state index is 11.8. The Morgan fingerprint density at radius 1 is 1.63 bits per heavy atom. The standard InChI is InChI=1S/C11H19N3O3S2/c1-12-6-9-5-10(17-13-9)7-14-3-4-18-8-11(14)19(2,15)16/h5,11-12H,3-4,6-8H2,1-2H3. The zero-order valence-corrected chi connectivity index (χ0v) is 12.8. The number of rotatable bonds is 5. The molecular weight excluding hydrogens is 286 g/mol. The van der Waals surface area contributed by atoms with E-state index in [0.717, 1.165) is 18.0 Å². The van der Waals surface area contributed by atoms with Gasteiger partial charge in [0.15, 0.2) is 15.6 Å². The van der Waals surface area contributed by atoms with Crippen molar-refractivity contribution in [2.75, 3.05) is 31.4 Å². The highest BCUT2D eigenvalue weighted by Gasteiger charge is 2.31. The predicted octanol–water partition coefficient (Wildman–Crippen LogP) is 0.314. The molecule has 19 heavy (non-hydrogen) atoms. The Morgan fingerprint density at radius 2 is 2.42 bits per heavy atom. The minimum absolute atomic E-state index is 0.427. The molecule has 6 nitrogen and oxygen atoms in total. The van der Waals surface area contributed by atoms with Gasteiger partial charge >= 0.3 is 0 Å². The molecular formula is C11H19N3O3S2. The van der Waals surface area contributed by atoms with Crippen LogP contribution in [0.3, 0.4) is 0 Å². The van der Waals surface area contributed by atoms with Crippen molar-refractivity contribution in [3.05, 3.63) is 17.5 Å². The van der Waals surface area contributed by atoms with Gasteiger partial charge in [0.2, 0.25) is 0 Å². The van der Waals surface area contributed by atoms with Crippen LogP contribution in [0.25, 0.3) is 0 Å². The molecule has 0 aliphatic carbocycles.